The maximum atomic E-state index is 11.0. The summed E-state index contributed by atoms with van der Waals surface area (Å²) < 4.78 is 45.1. The van der Waals surface area contributed by atoms with Gasteiger partial charge in [-0.3, -0.25) is 0 Å². The summed E-state index contributed by atoms with van der Waals surface area (Å²) in [6.07, 6.45) is 0.968. The number of rotatable bonds is 4. The molecule has 0 aromatic rings. The van der Waals surface area contributed by atoms with E-state index >= 15 is 0 Å². The lowest BCUT2D eigenvalue weighted by Crippen LogP contribution is -2.34. The molecule has 0 amide bonds. The number of hydrogen-bond donors (Lipinski definition) is 1. The highest BCUT2D eigenvalue weighted by molar-refractivity contribution is 7.93. The van der Waals surface area contributed by atoms with Crippen LogP contribution in [-0.2, 0) is 19.9 Å². The summed E-state index contributed by atoms with van der Waals surface area (Å²) >= 11 is 0. The minimum Gasteiger partial charge on any atom is -0.228 e. The van der Waals surface area contributed by atoms with Gasteiger partial charge in [-0.15, -0.1) is 0 Å². The third kappa shape index (κ3) is 4.68. The summed E-state index contributed by atoms with van der Waals surface area (Å²) in [5.74, 6) is -0.534. The minimum atomic E-state index is -3.46. The Morgan fingerprint density at radius 3 is 1.83 bits per heavy atom. The monoisotopic (exact) mass is 215 g/mol. The number of sulfone groups is 1. The first-order valence-corrected chi connectivity index (χ1v) is 6.92. The van der Waals surface area contributed by atoms with E-state index in [2.05, 4.69) is 0 Å². The van der Waals surface area contributed by atoms with Crippen LogP contribution in [0.1, 0.15) is 13.8 Å². The average molecular weight is 215 g/mol. The molecule has 0 heterocycles. The van der Waals surface area contributed by atoms with Crippen molar-refractivity contribution in [2.24, 2.45) is 0 Å². The quantitative estimate of drug-likeness (QED) is 0.673. The van der Waals surface area contributed by atoms with Crippen LogP contribution >= 0.6 is 0 Å². The van der Waals surface area contributed by atoms with E-state index in [0.717, 1.165) is 6.26 Å². The summed E-state index contributed by atoms with van der Waals surface area (Å²) in [4.78, 5) is 0. The maximum absolute atomic E-state index is 11.0. The minimum absolute atomic E-state index is 0.534. The summed E-state index contributed by atoms with van der Waals surface area (Å²) in [7, 11) is -6.74. The van der Waals surface area contributed by atoms with Gasteiger partial charge in [0.05, 0.1) is 5.25 Å². The van der Waals surface area contributed by atoms with Crippen LogP contribution < -0.4 is 4.72 Å². The van der Waals surface area contributed by atoms with E-state index < -0.39 is 31.0 Å². The van der Waals surface area contributed by atoms with E-state index in [9.17, 15) is 16.8 Å². The molecule has 0 aliphatic carbocycles. The van der Waals surface area contributed by atoms with Crippen LogP contribution in [0.15, 0.2) is 0 Å². The Morgan fingerprint density at radius 2 is 1.58 bits per heavy atom. The molecule has 0 saturated heterocycles. The Hall–Kier alpha value is -0.140. The molecule has 7 heteroatoms. The van der Waals surface area contributed by atoms with Crippen LogP contribution in [-0.4, -0.2) is 34.2 Å². The predicted molar refractivity (Wildman–Crippen MR) is 46.9 cm³/mol. The molecule has 0 aromatic carbocycles. The highest BCUT2D eigenvalue weighted by atomic mass is 32.2. The molecule has 0 rings (SSSR count). The molecule has 0 aliphatic heterocycles. The second-order valence-corrected chi connectivity index (χ2v) is 7.27. The van der Waals surface area contributed by atoms with Gasteiger partial charge >= 0.3 is 0 Å². The van der Waals surface area contributed by atoms with Gasteiger partial charge in [0.25, 0.3) is 0 Å². The van der Waals surface area contributed by atoms with Crippen LogP contribution in [0.25, 0.3) is 0 Å². The lowest BCUT2D eigenvalue weighted by molar-refractivity contribution is 0.571. The fraction of sp³-hybridized carbons (Fsp3) is 1.00. The smallest absolute Gasteiger partial charge is 0.214 e. The molecular formula is C5H13NO4S2. The van der Waals surface area contributed by atoms with E-state index in [1.54, 1.807) is 0 Å². The van der Waals surface area contributed by atoms with E-state index in [1.165, 1.54) is 13.8 Å². The van der Waals surface area contributed by atoms with Crippen molar-refractivity contribution in [1.29, 1.82) is 0 Å². The Labute approximate surface area is 73.1 Å². The molecule has 0 unspecified atom stereocenters. The molecule has 0 spiro atoms. The Balaban J connectivity index is 4.32. The van der Waals surface area contributed by atoms with Gasteiger partial charge in [0, 0.05) is 6.26 Å². The van der Waals surface area contributed by atoms with Gasteiger partial charge in [-0.1, -0.05) is 0 Å². The predicted octanol–water partition coefficient (Wildman–Crippen LogP) is -0.684. The van der Waals surface area contributed by atoms with E-state index in [4.69, 9.17) is 0 Å². The molecule has 0 saturated carbocycles. The zero-order valence-electron chi connectivity index (χ0n) is 7.23. The summed E-state index contributed by atoms with van der Waals surface area (Å²) in [6, 6.07) is 0. The standard InChI is InChI=1S/C5H13NO4S2/c1-5(2)12(9,10)6-4-11(3,7)8/h5-6H,4H2,1-3H3. The lowest BCUT2D eigenvalue weighted by atomic mass is 10.6. The van der Waals surface area contributed by atoms with Crippen LogP contribution in [0.3, 0.4) is 0 Å². The molecule has 74 valence electrons. The van der Waals surface area contributed by atoms with Crippen molar-refractivity contribution < 1.29 is 16.8 Å². The van der Waals surface area contributed by atoms with Crippen LogP contribution in [0.4, 0.5) is 0 Å². The van der Waals surface area contributed by atoms with Gasteiger partial charge in [-0.05, 0) is 13.8 Å². The molecule has 0 fully saturated rings. The molecular weight excluding hydrogens is 202 g/mol. The first kappa shape index (κ1) is 11.9. The second kappa shape index (κ2) is 3.71. The van der Waals surface area contributed by atoms with Crippen LogP contribution in [0, 0.1) is 0 Å². The van der Waals surface area contributed by atoms with Crippen molar-refractivity contribution in [2.75, 3.05) is 12.1 Å². The molecule has 0 aliphatic rings. The third-order valence-corrected chi connectivity index (χ3v) is 3.78. The summed E-state index contributed by atoms with van der Waals surface area (Å²) in [5, 5.41) is -0.612. The molecule has 0 aromatic heterocycles. The lowest BCUT2D eigenvalue weighted by Gasteiger charge is -2.07. The topological polar surface area (TPSA) is 80.3 Å². The van der Waals surface area contributed by atoms with Crippen LogP contribution in [0.5, 0.6) is 0 Å². The molecule has 0 atom stereocenters. The zero-order chi connectivity index (χ0) is 9.99. The molecule has 12 heavy (non-hydrogen) atoms. The van der Waals surface area contributed by atoms with Gasteiger partial charge in [-0.2, -0.15) is 4.72 Å². The fourth-order valence-electron chi connectivity index (χ4n) is 0.356. The van der Waals surface area contributed by atoms with Crippen molar-refractivity contribution in [1.82, 2.24) is 4.72 Å². The molecule has 1 N–H and O–H groups in total. The highest BCUT2D eigenvalue weighted by Crippen LogP contribution is 1.95. The van der Waals surface area contributed by atoms with Crippen molar-refractivity contribution >= 4 is 19.9 Å². The Morgan fingerprint density at radius 1 is 1.17 bits per heavy atom. The first-order valence-electron chi connectivity index (χ1n) is 3.31. The van der Waals surface area contributed by atoms with Crippen molar-refractivity contribution in [2.45, 2.75) is 19.1 Å². The van der Waals surface area contributed by atoms with Crippen molar-refractivity contribution in [3.8, 4) is 0 Å². The highest BCUT2D eigenvalue weighted by Gasteiger charge is 2.16. The second-order valence-electron chi connectivity index (χ2n) is 2.81. The molecule has 0 bridgehead atoms. The molecule has 0 radical (unpaired) electrons. The fourth-order valence-corrected chi connectivity index (χ4v) is 2.20. The van der Waals surface area contributed by atoms with Crippen molar-refractivity contribution in [3.63, 3.8) is 0 Å². The maximum Gasteiger partial charge on any atom is 0.214 e. The summed E-state index contributed by atoms with van der Waals surface area (Å²) in [5.41, 5.74) is 0. The van der Waals surface area contributed by atoms with Crippen molar-refractivity contribution in [3.05, 3.63) is 0 Å². The van der Waals surface area contributed by atoms with Gasteiger partial charge in [-0.25, -0.2) is 16.8 Å². The van der Waals surface area contributed by atoms with Gasteiger partial charge in [0.15, 0.2) is 9.84 Å². The number of sulfonamides is 1. The average Bonchev–Trinajstić information content (AvgIpc) is 1.82. The summed E-state index contributed by atoms with van der Waals surface area (Å²) in [6.45, 7) is 2.95. The molecule has 5 nitrogen and oxygen atoms in total. The van der Waals surface area contributed by atoms with E-state index in [1.807, 2.05) is 4.72 Å². The zero-order valence-corrected chi connectivity index (χ0v) is 8.87. The number of hydrogen-bond acceptors (Lipinski definition) is 4. The normalized spacial score (nSPS) is 13.7. The van der Waals surface area contributed by atoms with E-state index in [0.29, 0.717) is 0 Å². The Kier molecular flexibility index (Phi) is 3.67. The van der Waals surface area contributed by atoms with Gasteiger partial charge in [0.2, 0.25) is 10.0 Å². The largest absolute Gasteiger partial charge is 0.228 e. The van der Waals surface area contributed by atoms with E-state index in [-0.39, 0.29) is 0 Å². The number of nitrogens with one attached hydrogen (secondary N) is 1. The Bertz CT molecular complexity index is 326. The van der Waals surface area contributed by atoms with Gasteiger partial charge < -0.3 is 0 Å². The SMILES string of the molecule is CC(C)S(=O)(=O)NCS(C)(=O)=O. The van der Waals surface area contributed by atoms with Gasteiger partial charge in [0.1, 0.15) is 5.88 Å². The third-order valence-electron chi connectivity index (χ3n) is 1.14. The first-order chi connectivity index (χ1) is 5.15. The van der Waals surface area contributed by atoms with Crippen LogP contribution in [0.2, 0.25) is 0 Å².